The van der Waals surface area contributed by atoms with Crippen LogP contribution >= 0.6 is 0 Å². The molecule has 1 unspecified atom stereocenters. The van der Waals surface area contributed by atoms with Gasteiger partial charge in [0.25, 0.3) is 0 Å². The summed E-state index contributed by atoms with van der Waals surface area (Å²) in [6.07, 6.45) is 2.58. The van der Waals surface area contributed by atoms with Gasteiger partial charge < -0.3 is 15.0 Å². The van der Waals surface area contributed by atoms with E-state index in [1.807, 2.05) is 0 Å². The fourth-order valence-corrected chi connectivity index (χ4v) is 2.18. The minimum Gasteiger partial charge on any atom is -0.384 e. The molecule has 1 fully saturated rings. The van der Waals surface area contributed by atoms with Crippen LogP contribution in [0.1, 0.15) is 19.8 Å². The van der Waals surface area contributed by atoms with Gasteiger partial charge in [-0.3, -0.25) is 0 Å². The molecular weight excluding hydrogens is 176 g/mol. The first-order chi connectivity index (χ1) is 6.76. The van der Waals surface area contributed by atoms with Gasteiger partial charge in [0.1, 0.15) is 0 Å². The molecule has 1 saturated heterocycles. The third-order valence-corrected chi connectivity index (χ3v) is 3.02. The molecule has 1 rings (SSSR count). The Morgan fingerprint density at radius 1 is 1.43 bits per heavy atom. The molecule has 3 nitrogen and oxygen atoms in total. The zero-order chi connectivity index (χ0) is 10.4. The van der Waals surface area contributed by atoms with E-state index in [1.54, 1.807) is 7.11 Å². The lowest BCUT2D eigenvalue weighted by molar-refractivity contribution is 0.115. The fraction of sp³-hybridized carbons (Fsp3) is 1.00. The number of hydrogen-bond acceptors (Lipinski definition) is 3. The second kappa shape index (κ2) is 6.38. The van der Waals surface area contributed by atoms with Crippen LogP contribution in [-0.2, 0) is 4.74 Å². The van der Waals surface area contributed by atoms with Crippen LogP contribution in [0, 0.1) is 5.92 Å². The summed E-state index contributed by atoms with van der Waals surface area (Å²) in [5, 5.41) is 3.35. The van der Waals surface area contributed by atoms with Crippen LogP contribution in [0.15, 0.2) is 0 Å². The summed E-state index contributed by atoms with van der Waals surface area (Å²) in [6, 6.07) is 0.740. The van der Waals surface area contributed by atoms with Crippen LogP contribution in [0.25, 0.3) is 0 Å². The normalized spacial score (nSPS) is 22.5. The summed E-state index contributed by atoms with van der Waals surface area (Å²) >= 11 is 0. The first-order valence-electron chi connectivity index (χ1n) is 5.64. The molecule has 0 radical (unpaired) electrons. The third kappa shape index (κ3) is 3.95. The number of piperidine rings is 1. The van der Waals surface area contributed by atoms with Gasteiger partial charge in [0.15, 0.2) is 0 Å². The van der Waals surface area contributed by atoms with Gasteiger partial charge in [0, 0.05) is 26.3 Å². The van der Waals surface area contributed by atoms with E-state index in [2.05, 4.69) is 24.2 Å². The van der Waals surface area contributed by atoms with E-state index in [0.717, 1.165) is 12.6 Å². The Balaban J connectivity index is 2.15. The summed E-state index contributed by atoms with van der Waals surface area (Å²) in [4.78, 5) is 2.55. The standard InChI is InChI=1S/C11H24N2O/c1-10(9-14-3)8-13-6-4-11(12-2)5-7-13/h10-12H,4-9H2,1-3H3. The first-order valence-corrected chi connectivity index (χ1v) is 5.64. The summed E-state index contributed by atoms with van der Waals surface area (Å²) in [5.41, 5.74) is 0. The van der Waals surface area contributed by atoms with Gasteiger partial charge >= 0.3 is 0 Å². The largest absolute Gasteiger partial charge is 0.384 e. The molecule has 1 aliphatic rings. The van der Waals surface area contributed by atoms with E-state index in [1.165, 1.54) is 32.5 Å². The van der Waals surface area contributed by atoms with Crippen LogP contribution in [0.3, 0.4) is 0 Å². The summed E-state index contributed by atoms with van der Waals surface area (Å²) in [5.74, 6) is 0.658. The van der Waals surface area contributed by atoms with Crippen LogP contribution in [0.4, 0.5) is 0 Å². The first kappa shape index (κ1) is 12.0. The predicted molar refractivity (Wildman–Crippen MR) is 59.6 cm³/mol. The maximum Gasteiger partial charge on any atom is 0.0500 e. The Kier molecular flexibility index (Phi) is 5.45. The molecule has 0 bridgehead atoms. The predicted octanol–water partition coefficient (Wildman–Crippen LogP) is 0.953. The average molecular weight is 200 g/mol. The number of nitrogens with one attached hydrogen (secondary N) is 1. The highest BCUT2D eigenvalue weighted by molar-refractivity contribution is 4.76. The number of hydrogen-bond donors (Lipinski definition) is 1. The van der Waals surface area contributed by atoms with Gasteiger partial charge in [-0.25, -0.2) is 0 Å². The van der Waals surface area contributed by atoms with Crippen molar-refractivity contribution >= 4 is 0 Å². The van der Waals surface area contributed by atoms with Gasteiger partial charge in [0.05, 0.1) is 0 Å². The van der Waals surface area contributed by atoms with Crippen LogP contribution in [-0.4, -0.2) is 51.3 Å². The van der Waals surface area contributed by atoms with Gasteiger partial charge in [-0.05, 0) is 38.9 Å². The van der Waals surface area contributed by atoms with Crippen molar-refractivity contribution in [2.45, 2.75) is 25.8 Å². The number of ether oxygens (including phenoxy) is 1. The highest BCUT2D eigenvalue weighted by atomic mass is 16.5. The summed E-state index contributed by atoms with van der Waals surface area (Å²) < 4.78 is 5.15. The lowest BCUT2D eigenvalue weighted by Gasteiger charge is -2.33. The molecule has 1 heterocycles. The molecule has 84 valence electrons. The molecule has 0 saturated carbocycles. The van der Waals surface area contributed by atoms with E-state index >= 15 is 0 Å². The SMILES string of the molecule is CNC1CCN(CC(C)COC)CC1. The second-order valence-electron chi connectivity index (χ2n) is 4.42. The van der Waals surface area contributed by atoms with Crippen LogP contribution in [0.2, 0.25) is 0 Å². The molecular formula is C11H24N2O. The van der Waals surface area contributed by atoms with E-state index < -0.39 is 0 Å². The van der Waals surface area contributed by atoms with Gasteiger partial charge in [0.2, 0.25) is 0 Å². The second-order valence-corrected chi connectivity index (χ2v) is 4.42. The fourth-order valence-electron chi connectivity index (χ4n) is 2.18. The summed E-state index contributed by atoms with van der Waals surface area (Å²) in [7, 11) is 3.84. The zero-order valence-electron chi connectivity index (χ0n) is 9.75. The molecule has 0 amide bonds. The average Bonchev–Trinajstić information content (AvgIpc) is 2.19. The third-order valence-electron chi connectivity index (χ3n) is 3.02. The van der Waals surface area contributed by atoms with Crippen molar-refractivity contribution in [1.82, 2.24) is 10.2 Å². The molecule has 1 N–H and O–H groups in total. The molecule has 0 aliphatic carbocycles. The number of likely N-dealkylation sites (tertiary alicyclic amines) is 1. The maximum absolute atomic E-state index is 5.15. The lowest BCUT2D eigenvalue weighted by Crippen LogP contribution is -2.43. The molecule has 1 aliphatic heterocycles. The maximum atomic E-state index is 5.15. The number of nitrogens with zero attached hydrogens (tertiary/aromatic N) is 1. The van der Waals surface area contributed by atoms with Crippen molar-refractivity contribution in [2.75, 3.05) is 40.4 Å². The van der Waals surface area contributed by atoms with Crippen molar-refractivity contribution < 1.29 is 4.74 Å². The van der Waals surface area contributed by atoms with Crippen molar-refractivity contribution in [3.05, 3.63) is 0 Å². The van der Waals surface area contributed by atoms with Gasteiger partial charge in [-0.15, -0.1) is 0 Å². The quantitative estimate of drug-likeness (QED) is 0.715. The Labute approximate surface area is 87.8 Å². The molecule has 0 aromatic heterocycles. The number of rotatable bonds is 5. The Morgan fingerprint density at radius 3 is 2.57 bits per heavy atom. The Morgan fingerprint density at radius 2 is 2.07 bits per heavy atom. The van der Waals surface area contributed by atoms with Crippen LogP contribution < -0.4 is 5.32 Å². The van der Waals surface area contributed by atoms with Crippen molar-refractivity contribution in [3.8, 4) is 0 Å². The van der Waals surface area contributed by atoms with Crippen molar-refractivity contribution in [1.29, 1.82) is 0 Å². The minimum absolute atomic E-state index is 0.658. The van der Waals surface area contributed by atoms with Crippen molar-refractivity contribution in [2.24, 2.45) is 5.92 Å². The van der Waals surface area contributed by atoms with E-state index in [-0.39, 0.29) is 0 Å². The van der Waals surface area contributed by atoms with Crippen molar-refractivity contribution in [3.63, 3.8) is 0 Å². The van der Waals surface area contributed by atoms with Crippen LogP contribution in [0.5, 0.6) is 0 Å². The highest BCUT2D eigenvalue weighted by Crippen LogP contribution is 2.11. The molecule has 0 spiro atoms. The summed E-state index contributed by atoms with van der Waals surface area (Å²) in [6.45, 7) is 6.79. The Bertz CT molecular complexity index is 144. The van der Waals surface area contributed by atoms with Gasteiger partial charge in [-0.2, -0.15) is 0 Å². The minimum atomic E-state index is 0.658. The number of methoxy groups -OCH3 is 1. The molecule has 3 heteroatoms. The van der Waals surface area contributed by atoms with E-state index in [9.17, 15) is 0 Å². The lowest BCUT2D eigenvalue weighted by atomic mass is 10.0. The monoisotopic (exact) mass is 200 g/mol. The van der Waals surface area contributed by atoms with Gasteiger partial charge in [-0.1, -0.05) is 6.92 Å². The van der Waals surface area contributed by atoms with E-state index in [4.69, 9.17) is 4.74 Å². The molecule has 0 aromatic carbocycles. The molecule has 14 heavy (non-hydrogen) atoms. The topological polar surface area (TPSA) is 24.5 Å². The smallest absolute Gasteiger partial charge is 0.0500 e. The Hall–Kier alpha value is -0.120. The van der Waals surface area contributed by atoms with E-state index in [0.29, 0.717) is 5.92 Å². The zero-order valence-corrected chi connectivity index (χ0v) is 9.75. The molecule has 1 atom stereocenters. The highest BCUT2D eigenvalue weighted by Gasteiger charge is 2.18. The molecule has 0 aromatic rings.